The second-order valence-corrected chi connectivity index (χ2v) is 17.0. The molecule has 1 saturated heterocycles. The van der Waals surface area contributed by atoms with Crippen molar-refractivity contribution < 1.29 is 28.2 Å². The van der Waals surface area contributed by atoms with Gasteiger partial charge in [-0.1, -0.05) is 57.2 Å². The number of carbonyl (C=O) groups is 2. The molecule has 0 saturated carbocycles. The van der Waals surface area contributed by atoms with Gasteiger partial charge in [0.15, 0.2) is 26.3 Å². The molecule has 0 aliphatic carbocycles. The maximum Gasteiger partial charge on any atom is 0.338 e. The molecule has 0 bridgehead atoms. The number of alkyl halides is 1. The van der Waals surface area contributed by atoms with Crippen molar-refractivity contribution in [2.45, 2.75) is 62.2 Å². The molecule has 42 heavy (non-hydrogen) atoms. The summed E-state index contributed by atoms with van der Waals surface area (Å²) in [5.41, 5.74) is -2.40. The lowest BCUT2D eigenvalue weighted by atomic mass is 9.97. The van der Waals surface area contributed by atoms with Gasteiger partial charge in [-0.25, -0.2) is 14.4 Å². The zero-order valence-corrected chi connectivity index (χ0v) is 25.9. The third-order valence-corrected chi connectivity index (χ3v) is 12.7. The lowest BCUT2D eigenvalue weighted by Gasteiger charge is -2.41. The Morgan fingerprint density at radius 2 is 1.52 bits per heavy atom. The molecule has 0 spiro atoms. The summed E-state index contributed by atoms with van der Waals surface area (Å²) in [5, 5.41) is -1.33. The molecule has 1 aromatic heterocycles. The Hall–Kier alpha value is -3.51. The predicted molar refractivity (Wildman–Crippen MR) is 159 cm³/mol. The van der Waals surface area contributed by atoms with E-state index in [1.165, 1.54) is 6.20 Å². The van der Waals surface area contributed by atoms with Crippen LogP contribution in [0.1, 0.15) is 47.7 Å². The van der Waals surface area contributed by atoms with Crippen molar-refractivity contribution in [1.29, 1.82) is 0 Å². The molecule has 1 unspecified atom stereocenters. The van der Waals surface area contributed by atoms with Crippen molar-refractivity contribution in [1.82, 2.24) is 9.55 Å². The largest absolute Gasteiger partial charge is 0.459 e. The van der Waals surface area contributed by atoms with Crippen molar-refractivity contribution >= 4 is 31.9 Å². The highest BCUT2D eigenvalue weighted by Gasteiger charge is 2.60. The third kappa shape index (κ3) is 6.75. The summed E-state index contributed by atoms with van der Waals surface area (Å²) < 4.78 is 25.8. The van der Waals surface area contributed by atoms with Gasteiger partial charge in [-0.3, -0.25) is 14.3 Å². The van der Waals surface area contributed by atoms with Crippen LogP contribution in [0.2, 0.25) is 18.1 Å². The average Bonchev–Trinajstić information content (AvgIpc) is 3.22. The normalized spacial score (nSPS) is 22.5. The molecule has 2 heterocycles. The number of halogens is 1. The van der Waals surface area contributed by atoms with E-state index in [4.69, 9.17) is 30.2 Å². The molecule has 1 aliphatic rings. The topological polar surface area (TPSA) is 126 Å². The van der Waals surface area contributed by atoms with Gasteiger partial charge in [0.1, 0.15) is 12.0 Å². The van der Waals surface area contributed by atoms with Gasteiger partial charge >= 0.3 is 17.6 Å². The monoisotopic (exact) mass is 614 g/mol. The maximum atomic E-state index is 13.3. The van der Waals surface area contributed by atoms with Crippen LogP contribution in [-0.2, 0) is 18.6 Å². The summed E-state index contributed by atoms with van der Waals surface area (Å²) in [5.74, 6) is -1.31. The first kappa shape index (κ1) is 31.4. The van der Waals surface area contributed by atoms with Crippen LogP contribution in [0.15, 0.2) is 82.5 Å². The van der Waals surface area contributed by atoms with E-state index in [9.17, 15) is 19.2 Å². The number of hydrogen-bond donors (Lipinski definition) is 1. The van der Waals surface area contributed by atoms with E-state index in [1.807, 2.05) is 13.1 Å². The molecule has 1 fully saturated rings. The molecule has 4 rings (SSSR count). The van der Waals surface area contributed by atoms with Crippen LogP contribution in [0.5, 0.6) is 0 Å². The first-order valence-electron chi connectivity index (χ1n) is 13.5. The van der Waals surface area contributed by atoms with Gasteiger partial charge in [-0.05, 0) is 42.4 Å². The van der Waals surface area contributed by atoms with Crippen molar-refractivity contribution in [2.75, 3.05) is 13.2 Å². The van der Waals surface area contributed by atoms with Crippen LogP contribution >= 0.6 is 11.6 Å². The molecular weight excluding hydrogens is 580 g/mol. The summed E-state index contributed by atoms with van der Waals surface area (Å²) in [4.78, 5) is 53.1. The molecule has 2 aromatic carbocycles. The number of H-pyrrole nitrogens is 1. The molecular formula is C30H35ClN2O8Si. The molecule has 1 N–H and O–H groups in total. The number of nitrogens with one attached hydrogen (secondary N) is 1. The molecule has 224 valence electrons. The maximum absolute atomic E-state index is 13.3. The highest BCUT2D eigenvalue weighted by atomic mass is 35.5. The molecule has 0 amide bonds. The number of benzene rings is 2. The summed E-state index contributed by atoms with van der Waals surface area (Å²) >= 11 is 6.94. The standard InChI is InChI=1S/C30H35ClN2O8Si/c1-29(2,3)42(4,5)39-19-30(18-38-26(35)20-12-8-6-9-13-20)24(40-27(36)21-14-10-7-11-15-21)23(31)25(41-30)33-17-16-22(34)32-28(33)37/h6-17,23-25H,18-19H2,1-5H3,(H,32,34,37)/t23-,24+,25-,30?/m1/s1. The minimum atomic E-state index is -2.43. The lowest BCUT2D eigenvalue weighted by molar-refractivity contribution is -0.150. The third-order valence-electron chi connectivity index (χ3n) is 7.75. The molecule has 12 heteroatoms. The second-order valence-electron chi connectivity index (χ2n) is 11.7. The lowest BCUT2D eigenvalue weighted by Crippen LogP contribution is -2.55. The van der Waals surface area contributed by atoms with Crippen LogP contribution in [0.3, 0.4) is 0 Å². The Morgan fingerprint density at radius 3 is 2.07 bits per heavy atom. The zero-order valence-electron chi connectivity index (χ0n) is 24.2. The van der Waals surface area contributed by atoms with Gasteiger partial charge in [0.05, 0.1) is 17.7 Å². The fourth-order valence-corrected chi connectivity index (χ4v) is 5.71. The van der Waals surface area contributed by atoms with E-state index in [0.29, 0.717) is 5.56 Å². The summed E-state index contributed by atoms with van der Waals surface area (Å²) in [6.07, 6.45) is -1.19. The number of ether oxygens (including phenoxy) is 3. The minimum Gasteiger partial charge on any atom is -0.459 e. The van der Waals surface area contributed by atoms with E-state index >= 15 is 0 Å². The van der Waals surface area contributed by atoms with Crippen molar-refractivity contribution in [3.05, 3.63) is 105 Å². The molecule has 10 nitrogen and oxygen atoms in total. The highest BCUT2D eigenvalue weighted by Crippen LogP contribution is 2.44. The second kappa shape index (κ2) is 12.4. The molecule has 0 radical (unpaired) electrons. The number of carbonyl (C=O) groups excluding carboxylic acids is 2. The van der Waals surface area contributed by atoms with Gasteiger partial charge in [-0.2, -0.15) is 0 Å². The van der Waals surface area contributed by atoms with Crippen LogP contribution in [0, 0.1) is 0 Å². The van der Waals surface area contributed by atoms with Gasteiger partial charge < -0.3 is 18.6 Å². The quantitative estimate of drug-likeness (QED) is 0.212. The van der Waals surface area contributed by atoms with E-state index in [2.05, 4.69) is 25.8 Å². The first-order valence-corrected chi connectivity index (χ1v) is 16.8. The van der Waals surface area contributed by atoms with Gasteiger partial charge in [0.25, 0.3) is 5.56 Å². The Kier molecular flexibility index (Phi) is 9.26. The average molecular weight is 615 g/mol. The van der Waals surface area contributed by atoms with Crippen molar-refractivity contribution in [2.24, 2.45) is 0 Å². The summed E-state index contributed by atoms with van der Waals surface area (Å²) in [6.45, 7) is 9.72. The van der Waals surface area contributed by atoms with Crippen molar-refractivity contribution in [3.63, 3.8) is 0 Å². The van der Waals surface area contributed by atoms with Gasteiger partial charge in [0, 0.05) is 12.3 Å². The van der Waals surface area contributed by atoms with E-state index in [0.717, 1.165) is 10.6 Å². The Labute approximate surface area is 249 Å². The number of rotatable bonds is 9. The predicted octanol–water partition coefficient (Wildman–Crippen LogP) is 4.52. The fraction of sp³-hybridized carbons (Fsp3) is 0.400. The van der Waals surface area contributed by atoms with E-state index < -0.39 is 61.4 Å². The number of esters is 2. The number of aromatic amines is 1. The number of nitrogens with zero attached hydrogens (tertiary/aromatic N) is 1. The minimum absolute atomic E-state index is 0.157. The SMILES string of the molecule is CC(C)(C)[Si](C)(C)OCC1(COC(=O)c2ccccc2)O[C@@H](n2ccc(=O)[nH]c2=O)[C@H](Cl)[C@@H]1OC(=O)c1ccccc1. The van der Waals surface area contributed by atoms with Gasteiger partial charge in [-0.15, -0.1) is 11.6 Å². The Bertz CT molecular complexity index is 1520. The molecule has 3 aromatic rings. The molecule has 1 aliphatic heterocycles. The summed E-state index contributed by atoms with van der Waals surface area (Å²) in [7, 11) is -2.43. The first-order chi connectivity index (χ1) is 19.7. The Balaban J connectivity index is 1.77. The fourth-order valence-electron chi connectivity index (χ4n) is 4.22. The van der Waals surface area contributed by atoms with E-state index in [-0.39, 0.29) is 17.2 Å². The van der Waals surface area contributed by atoms with Gasteiger partial charge in [0.2, 0.25) is 0 Å². The molecule has 4 atom stereocenters. The van der Waals surface area contributed by atoms with Crippen molar-refractivity contribution in [3.8, 4) is 0 Å². The van der Waals surface area contributed by atoms with Crippen LogP contribution in [-0.4, -0.2) is 60.1 Å². The highest BCUT2D eigenvalue weighted by molar-refractivity contribution is 6.74. The Morgan fingerprint density at radius 1 is 0.952 bits per heavy atom. The summed E-state index contributed by atoms with van der Waals surface area (Å²) in [6, 6.07) is 17.9. The zero-order chi connectivity index (χ0) is 30.7. The smallest absolute Gasteiger partial charge is 0.338 e. The number of hydrogen-bond acceptors (Lipinski definition) is 8. The number of aromatic nitrogens is 2. The van der Waals surface area contributed by atoms with Crippen LogP contribution in [0.4, 0.5) is 0 Å². The van der Waals surface area contributed by atoms with Crippen LogP contribution < -0.4 is 11.2 Å². The van der Waals surface area contributed by atoms with E-state index in [1.54, 1.807) is 60.7 Å². The van der Waals surface area contributed by atoms with Crippen LogP contribution in [0.25, 0.3) is 0 Å².